The van der Waals surface area contributed by atoms with Gasteiger partial charge in [-0.3, -0.25) is 4.52 Å². The van der Waals surface area contributed by atoms with E-state index in [4.69, 9.17) is 14.5 Å². The average Bonchev–Trinajstić information content (AvgIpc) is 2.99. The Hall–Kier alpha value is -0.900. The molecule has 1 aromatic heterocycles. The van der Waals surface area contributed by atoms with Crippen molar-refractivity contribution in [1.82, 2.24) is 4.98 Å². The fourth-order valence-corrected chi connectivity index (χ4v) is 3.66. The number of aliphatic hydroxyl groups excluding tert-OH is 2. The highest BCUT2D eigenvalue weighted by Gasteiger charge is 2.45. The standard InChI is InChI=1S/C12H14NO7PS/c14-9-7(5-19-21(16,17)18)20-11(10(9)15)12-13-6-3-1-2-4-8(6)22-12/h1-4,7,9-11,14-15H,5H2,(H2,16,17,18)/t7-,9+,10-,11-/m1/s1. The Kier molecular flexibility index (Phi) is 4.32. The van der Waals surface area contributed by atoms with Crippen LogP contribution in [0.5, 0.6) is 0 Å². The van der Waals surface area contributed by atoms with E-state index in [1.807, 2.05) is 24.3 Å². The van der Waals surface area contributed by atoms with Gasteiger partial charge in [-0.15, -0.1) is 11.3 Å². The van der Waals surface area contributed by atoms with Crippen molar-refractivity contribution < 1.29 is 33.8 Å². The highest BCUT2D eigenvalue weighted by atomic mass is 32.1. The molecule has 0 unspecified atom stereocenters. The summed E-state index contributed by atoms with van der Waals surface area (Å²) in [5.74, 6) is 0. The van der Waals surface area contributed by atoms with Crippen molar-refractivity contribution >= 4 is 29.4 Å². The first-order valence-electron chi connectivity index (χ1n) is 6.42. The Balaban J connectivity index is 1.78. The normalized spacial score (nSPS) is 29.3. The van der Waals surface area contributed by atoms with Crippen LogP contribution in [0.15, 0.2) is 24.3 Å². The van der Waals surface area contributed by atoms with Crippen LogP contribution in [0.2, 0.25) is 0 Å². The molecule has 1 aromatic carbocycles. The third kappa shape index (κ3) is 3.22. The van der Waals surface area contributed by atoms with E-state index >= 15 is 0 Å². The Bertz CT molecular complexity index is 683. The largest absolute Gasteiger partial charge is 0.469 e. The molecule has 1 aliphatic heterocycles. The van der Waals surface area contributed by atoms with Crippen molar-refractivity contribution in [2.75, 3.05) is 6.61 Å². The number of hydrogen-bond donors (Lipinski definition) is 4. The van der Waals surface area contributed by atoms with Crippen LogP contribution in [-0.4, -0.2) is 49.9 Å². The highest BCUT2D eigenvalue weighted by Crippen LogP contribution is 2.40. The molecule has 8 nitrogen and oxygen atoms in total. The summed E-state index contributed by atoms with van der Waals surface area (Å²) in [7, 11) is -4.67. The number of phosphoric acid groups is 1. The van der Waals surface area contributed by atoms with Gasteiger partial charge in [0.1, 0.15) is 29.4 Å². The van der Waals surface area contributed by atoms with Gasteiger partial charge < -0.3 is 24.7 Å². The number of aliphatic hydroxyl groups is 2. The fourth-order valence-electron chi connectivity index (χ4n) is 2.27. The van der Waals surface area contributed by atoms with E-state index in [9.17, 15) is 14.8 Å². The average molecular weight is 347 g/mol. The summed E-state index contributed by atoms with van der Waals surface area (Å²) in [6, 6.07) is 7.40. The molecule has 4 atom stereocenters. The number of para-hydroxylation sites is 1. The molecule has 1 aliphatic rings. The van der Waals surface area contributed by atoms with Crippen LogP contribution >= 0.6 is 19.2 Å². The van der Waals surface area contributed by atoms with Crippen LogP contribution in [0.4, 0.5) is 0 Å². The second-order valence-electron chi connectivity index (χ2n) is 4.88. The van der Waals surface area contributed by atoms with Gasteiger partial charge in [0, 0.05) is 0 Å². The van der Waals surface area contributed by atoms with E-state index in [0.717, 1.165) is 10.2 Å². The Morgan fingerprint density at radius 3 is 2.68 bits per heavy atom. The zero-order valence-corrected chi connectivity index (χ0v) is 12.9. The predicted octanol–water partition coefficient (Wildman–Crippen LogP) is 0.567. The van der Waals surface area contributed by atoms with Crippen molar-refractivity contribution in [2.24, 2.45) is 0 Å². The number of aromatic nitrogens is 1. The number of fused-ring (bicyclic) bond motifs is 1. The third-order valence-electron chi connectivity index (χ3n) is 3.32. The lowest BCUT2D eigenvalue weighted by Crippen LogP contribution is -2.33. The summed E-state index contributed by atoms with van der Waals surface area (Å²) in [6.45, 7) is -0.524. The van der Waals surface area contributed by atoms with Gasteiger partial charge >= 0.3 is 7.82 Å². The van der Waals surface area contributed by atoms with Gasteiger partial charge in [0.2, 0.25) is 0 Å². The number of hydrogen-bond acceptors (Lipinski definition) is 7. The van der Waals surface area contributed by atoms with Gasteiger partial charge in [0.05, 0.1) is 16.8 Å². The van der Waals surface area contributed by atoms with Gasteiger partial charge in [-0.1, -0.05) is 12.1 Å². The maximum Gasteiger partial charge on any atom is 0.469 e. The summed E-state index contributed by atoms with van der Waals surface area (Å²) in [5, 5.41) is 20.5. The fraction of sp³-hybridized carbons (Fsp3) is 0.417. The lowest BCUT2D eigenvalue weighted by molar-refractivity contribution is -0.0223. The summed E-state index contributed by atoms with van der Waals surface area (Å²) in [5.41, 5.74) is 0.753. The molecule has 2 aromatic rings. The zero-order valence-electron chi connectivity index (χ0n) is 11.1. The van der Waals surface area contributed by atoms with Crippen LogP contribution in [0.1, 0.15) is 11.1 Å². The molecule has 0 radical (unpaired) electrons. The maximum atomic E-state index is 10.7. The zero-order chi connectivity index (χ0) is 15.9. The van der Waals surface area contributed by atoms with E-state index in [-0.39, 0.29) is 0 Å². The van der Waals surface area contributed by atoms with Crippen LogP contribution in [0.3, 0.4) is 0 Å². The monoisotopic (exact) mass is 347 g/mol. The topological polar surface area (TPSA) is 129 Å². The van der Waals surface area contributed by atoms with E-state index < -0.39 is 38.8 Å². The van der Waals surface area contributed by atoms with E-state index in [0.29, 0.717) is 5.01 Å². The van der Waals surface area contributed by atoms with Crippen LogP contribution in [0.25, 0.3) is 10.2 Å². The van der Waals surface area contributed by atoms with E-state index in [2.05, 4.69) is 9.51 Å². The molecular formula is C12H14NO7PS. The Morgan fingerprint density at radius 2 is 2.00 bits per heavy atom. The van der Waals surface area contributed by atoms with Crippen molar-refractivity contribution in [1.29, 1.82) is 0 Å². The first-order valence-corrected chi connectivity index (χ1v) is 8.77. The molecule has 0 aliphatic carbocycles. The van der Waals surface area contributed by atoms with Gasteiger partial charge in [-0.25, -0.2) is 9.55 Å². The number of nitrogens with zero attached hydrogens (tertiary/aromatic N) is 1. The second kappa shape index (κ2) is 5.95. The molecule has 0 spiro atoms. The van der Waals surface area contributed by atoms with Gasteiger partial charge in [-0.2, -0.15) is 0 Å². The first-order chi connectivity index (χ1) is 10.3. The molecule has 3 rings (SSSR count). The Labute approximate surface area is 129 Å². The van der Waals surface area contributed by atoms with Gasteiger partial charge in [0.15, 0.2) is 0 Å². The summed E-state index contributed by atoms with van der Waals surface area (Å²) in [4.78, 5) is 21.7. The number of thiazole rings is 1. The predicted molar refractivity (Wildman–Crippen MR) is 77.2 cm³/mol. The van der Waals surface area contributed by atoms with Crippen molar-refractivity contribution in [3.8, 4) is 0 Å². The SMILES string of the molecule is O=P(O)(O)OC[C@H]1O[C@@H](c2nc3ccccc3s2)[C@H](O)[C@H]1O. The summed E-state index contributed by atoms with van der Waals surface area (Å²) >= 11 is 1.32. The quantitative estimate of drug-likeness (QED) is 0.591. The number of ether oxygens (including phenoxy) is 1. The van der Waals surface area contributed by atoms with Crippen molar-refractivity contribution in [3.63, 3.8) is 0 Å². The van der Waals surface area contributed by atoms with Crippen molar-refractivity contribution in [3.05, 3.63) is 29.3 Å². The third-order valence-corrected chi connectivity index (χ3v) is 4.91. The number of phosphoric ester groups is 1. The molecule has 4 N–H and O–H groups in total. The molecule has 22 heavy (non-hydrogen) atoms. The maximum absolute atomic E-state index is 10.7. The number of benzene rings is 1. The Morgan fingerprint density at radius 1 is 1.27 bits per heavy atom. The lowest BCUT2D eigenvalue weighted by atomic mass is 10.1. The van der Waals surface area contributed by atoms with Gasteiger partial charge in [0.25, 0.3) is 0 Å². The smallest absolute Gasteiger partial charge is 0.387 e. The van der Waals surface area contributed by atoms with E-state index in [1.54, 1.807) is 0 Å². The second-order valence-corrected chi connectivity index (χ2v) is 7.18. The molecule has 0 amide bonds. The molecule has 1 fully saturated rings. The minimum Gasteiger partial charge on any atom is -0.387 e. The van der Waals surface area contributed by atoms with Gasteiger partial charge in [-0.05, 0) is 12.1 Å². The minimum absolute atomic E-state index is 0.492. The molecular weight excluding hydrogens is 333 g/mol. The molecule has 2 heterocycles. The minimum atomic E-state index is -4.67. The van der Waals surface area contributed by atoms with Crippen LogP contribution in [-0.2, 0) is 13.8 Å². The summed E-state index contributed by atoms with van der Waals surface area (Å²) in [6.07, 6.45) is -4.47. The molecule has 10 heteroatoms. The van der Waals surface area contributed by atoms with Crippen LogP contribution in [0, 0.1) is 0 Å². The first kappa shape index (κ1) is 16.0. The molecule has 0 bridgehead atoms. The van der Waals surface area contributed by atoms with E-state index in [1.165, 1.54) is 11.3 Å². The number of rotatable bonds is 4. The molecule has 0 saturated carbocycles. The highest BCUT2D eigenvalue weighted by molar-refractivity contribution is 7.46. The molecule has 120 valence electrons. The van der Waals surface area contributed by atoms with Crippen molar-refractivity contribution in [2.45, 2.75) is 24.4 Å². The summed E-state index contributed by atoms with van der Waals surface area (Å²) < 4.78 is 21.4. The lowest BCUT2D eigenvalue weighted by Gasteiger charge is -2.14. The van der Waals surface area contributed by atoms with Crippen LogP contribution < -0.4 is 0 Å². The molecule has 1 saturated heterocycles.